The van der Waals surface area contributed by atoms with Crippen LogP contribution in [0.4, 0.5) is 0 Å². The fourth-order valence-corrected chi connectivity index (χ4v) is 1.45. The predicted octanol–water partition coefficient (Wildman–Crippen LogP) is 0.995. The van der Waals surface area contributed by atoms with Gasteiger partial charge in [-0.3, -0.25) is 9.69 Å². The van der Waals surface area contributed by atoms with Crippen LogP contribution in [0.5, 0.6) is 0 Å². The fraction of sp³-hybridized carbons (Fsp3) is 0.900. The molecule has 0 unspecified atom stereocenters. The molecule has 1 amide bonds. The lowest BCUT2D eigenvalue weighted by Crippen LogP contribution is -2.64. The zero-order valence-corrected chi connectivity index (χ0v) is 9.05. The van der Waals surface area contributed by atoms with Gasteiger partial charge in [-0.2, -0.15) is 0 Å². The van der Waals surface area contributed by atoms with Gasteiger partial charge in [0, 0.05) is 25.0 Å². The highest BCUT2D eigenvalue weighted by molar-refractivity contribution is 5.76. The normalized spacial score (nSPS) is 19.7. The Balaban J connectivity index is 2.22. The number of hydrogen-bond acceptors (Lipinski definition) is 2. The lowest BCUT2D eigenvalue weighted by molar-refractivity contribution is -0.123. The van der Waals surface area contributed by atoms with Crippen LogP contribution in [0, 0.1) is 0 Å². The smallest absolute Gasteiger partial charge is 0.220 e. The molecule has 1 aliphatic heterocycles. The molecule has 0 aromatic heterocycles. The number of amides is 1. The predicted molar refractivity (Wildman–Crippen MR) is 53.5 cm³/mol. The molecule has 1 rings (SSSR count). The van der Waals surface area contributed by atoms with E-state index in [4.69, 9.17) is 0 Å². The third kappa shape index (κ3) is 2.69. The summed E-state index contributed by atoms with van der Waals surface area (Å²) >= 11 is 0. The largest absolute Gasteiger partial charge is 0.351 e. The number of carbonyl (C=O) groups is 1. The highest BCUT2D eigenvalue weighted by atomic mass is 16.1. The Hall–Kier alpha value is -0.570. The van der Waals surface area contributed by atoms with Crippen molar-refractivity contribution in [3.63, 3.8) is 0 Å². The number of hydrogen-bond donors (Lipinski definition) is 1. The highest BCUT2D eigenvalue weighted by Gasteiger charge is 2.34. The lowest BCUT2D eigenvalue weighted by atomic mass is 9.97. The van der Waals surface area contributed by atoms with Crippen LogP contribution < -0.4 is 5.32 Å². The van der Waals surface area contributed by atoms with Crippen LogP contribution in [0.1, 0.15) is 34.1 Å². The molecule has 0 bridgehead atoms. The van der Waals surface area contributed by atoms with E-state index in [9.17, 15) is 4.79 Å². The average molecular weight is 184 g/mol. The number of carbonyl (C=O) groups excluding carboxylic acids is 1. The topological polar surface area (TPSA) is 32.3 Å². The highest BCUT2D eigenvalue weighted by Crippen LogP contribution is 2.20. The lowest BCUT2D eigenvalue weighted by Gasteiger charge is -2.47. The Labute approximate surface area is 80.5 Å². The summed E-state index contributed by atoms with van der Waals surface area (Å²) in [7, 11) is 0. The van der Waals surface area contributed by atoms with Crippen LogP contribution in [-0.2, 0) is 4.79 Å². The molecule has 1 fully saturated rings. The first-order valence-electron chi connectivity index (χ1n) is 4.98. The first-order chi connectivity index (χ1) is 5.93. The van der Waals surface area contributed by atoms with Gasteiger partial charge in [0.2, 0.25) is 5.91 Å². The molecule has 0 radical (unpaired) electrons. The van der Waals surface area contributed by atoms with Crippen molar-refractivity contribution < 1.29 is 4.79 Å². The van der Waals surface area contributed by atoms with Gasteiger partial charge in [0.15, 0.2) is 0 Å². The zero-order valence-electron chi connectivity index (χ0n) is 9.05. The fourth-order valence-electron chi connectivity index (χ4n) is 1.45. The molecular weight excluding hydrogens is 164 g/mol. The molecule has 1 saturated heterocycles. The third-order valence-electron chi connectivity index (χ3n) is 2.52. The molecule has 0 aliphatic carbocycles. The van der Waals surface area contributed by atoms with Gasteiger partial charge in [-0.15, -0.1) is 0 Å². The third-order valence-corrected chi connectivity index (χ3v) is 2.52. The van der Waals surface area contributed by atoms with Crippen molar-refractivity contribution in [1.82, 2.24) is 10.2 Å². The van der Waals surface area contributed by atoms with Crippen molar-refractivity contribution in [2.45, 2.75) is 45.7 Å². The summed E-state index contributed by atoms with van der Waals surface area (Å²) in [6.07, 6.45) is 0.589. The first kappa shape index (κ1) is 10.5. The van der Waals surface area contributed by atoms with Gasteiger partial charge in [-0.25, -0.2) is 0 Å². The van der Waals surface area contributed by atoms with Crippen molar-refractivity contribution >= 4 is 5.91 Å². The van der Waals surface area contributed by atoms with Gasteiger partial charge in [0.1, 0.15) is 0 Å². The van der Waals surface area contributed by atoms with Crippen LogP contribution in [0.2, 0.25) is 0 Å². The average Bonchev–Trinajstić information content (AvgIpc) is 1.92. The second kappa shape index (κ2) is 3.66. The van der Waals surface area contributed by atoms with E-state index in [1.165, 1.54) is 0 Å². The minimum atomic E-state index is 0.165. The molecular formula is C10H20N2O. The van der Waals surface area contributed by atoms with E-state index < -0.39 is 0 Å². The van der Waals surface area contributed by atoms with Crippen LogP contribution in [0.3, 0.4) is 0 Å². The Morgan fingerprint density at radius 2 is 2.00 bits per heavy atom. The zero-order chi connectivity index (χ0) is 10.1. The number of nitrogens with zero attached hydrogens (tertiary/aromatic N) is 1. The maximum Gasteiger partial charge on any atom is 0.220 e. The second-order valence-electron chi connectivity index (χ2n) is 4.69. The van der Waals surface area contributed by atoms with Gasteiger partial charge in [0.25, 0.3) is 0 Å². The first-order valence-corrected chi connectivity index (χ1v) is 4.98. The Kier molecular flexibility index (Phi) is 2.96. The summed E-state index contributed by atoms with van der Waals surface area (Å²) in [5.41, 5.74) is 0.243. The molecule has 76 valence electrons. The van der Waals surface area contributed by atoms with Crippen molar-refractivity contribution in [2.75, 3.05) is 13.1 Å². The molecule has 1 N–H and O–H groups in total. The van der Waals surface area contributed by atoms with Crippen LogP contribution in [-0.4, -0.2) is 35.5 Å². The Morgan fingerprint density at radius 1 is 1.46 bits per heavy atom. The van der Waals surface area contributed by atoms with Crippen LogP contribution in [0.15, 0.2) is 0 Å². The minimum absolute atomic E-state index is 0.165. The molecule has 3 nitrogen and oxygen atoms in total. The summed E-state index contributed by atoms with van der Waals surface area (Å²) in [4.78, 5) is 13.4. The van der Waals surface area contributed by atoms with Gasteiger partial charge < -0.3 is 5.32 Å². The van der Waals surface area contributed by atoms with E-state index in [1.54, 1.807) is 0 Å². The maximum atomic E-state index is 11.0. The number of nitrogens with one attached hydrogen (secondary N) is 1. The van der Waals surface area contributed by atoms with Crippen molar-refractivity contribution in [1.29, 1.82) is 0 Å². The van der Waals surface area contributed by atoms with Gasteiger partial charge in [-0.05, 0) is 20.8 Å². The quantitative estimate of drug-likeness (QED) is 0.694. The minimum Gasteiger partial charge on any atom is -0.351 e. The standard InChI is InChI=1S/C10H20N2O/c1-5-9(13)11-8-6-12(7-8)10(2,3)4/h8H,5-7H2,1-4H3,(H,11,13). The van der Waals surface area contributed by atoms with E-state index in [-0.39, 0.29) is 11.4 Å². The van der Waals surface area contributed by atoms with Gasteiger partial charge in [-0.1, -0.05) is 6.92 Å². The molecule has 1 heterocycles. The molecule has 13 heavy (non-hydrogen) atoms. The van der Waals surface area contributed by atoms with Gasteiger partial charge in [0.05, 0.1) is 6.04 Å². The van der Waals surface area contributed by atoms with E-state index >= 15 is 0 Å². The molecule has 0 spiro atoms. The summed E-state index contributed by atoms with van der Waals surface area (Å²) < 4.78 is 0. The molecule has 3 heteroatoms. The maximum absolute atomic E-state index is 11.0. The summed E-state index contributed by atoms with van der Waals surface area (Å²) in [5, 5.41) is 2.99. The molecule has 0 saturated carbocycles. The van der Waals surface area contributed by atoms with Crippen molar-refractivity contribution in [3.8, 4) is 0 Å². The van der Waals surface area contributed by atoms with E-state index in [2.05, 4.69) is 31.0 Å². The number of rotatable bonds is 2. The monoisotopic (exact) mass is 184 g/mol. The Morgan fingerprint density at radius 3 is 2.38 bits per heavy atom. The molecule has 0 aromatic carbocycles. The molecule has 1 aliphatic rings. The Bertz CT molecular complexity index is 190. The summed E-state index contributed by atoms with van der Waals surface area (Å²) in [6.45, 7) is 10.5. The van der Waals surface area contributed by atoms with Crippen molar-refractivity contribution in [3.05, 3.63) is 0 Å². The van der Waals surface area contributed by atoms with E-state index in [1.807, 2.05) is 6.92 Å². The molecule has 0 atom stereocenters. The van der Waals surface area contributed by atoms with E-state index in [0.29, 0.717) is 12.5 Å². The van der Waals surface area contributed by atoms with Crippen LogP contribution in [0.25, 0.3) is 0 Å². The van der Waals surface area contributed by atoms with Crippen molar-refractivity contribution in [2.24, 2.45) is 0 Å². The number of likely N-dealkylation sites (tertiary alicyclic amines) is 1. The second-order valence-corrected chi connectivity index (χ2v) is 4.69. The SMILES string of the molecule is CCC(=O)NC1CN(C(C)(C)C)C1. The van der Waals surface area contributed by atoms with E-state index in [0.717, 1.165) is 13.1 Å². The summed E-state index contributed by atoms with van der Waals surface area (Å²) in [6, 6.07) is 0.381. The van der Waals surface area contributed by atoms with Crippen LogP contribution >= 0.6 is 0 Å². The molecule has 0 aromatic rings. The summed E-state index contributed by atoms with van der Waals surface area (Å²) in [5.74, 6) is 0.165. The van der Waals surface area contributed by atoms with Gasteiger partial charge >= 0.3 is 0 Å².